The maximum atomic E-state index is 14.9. The van der Waals surface area contributed by atoms with Crippen molar-refractivity contribution in [3.05, 3.63) is 101 Å². The summed E-state index contributed by atoms with van der Waals surface area (Å²) in [6, 6.07) is 20.3. The standard InChI is InChI=1S/C31H28N4O6/c1-3-41-27(36)25-24(20-13-15-22(40-2)16-14-20)31(26-23-12-8-7-11-21(23)17-32-35(25)26)28(37)33-30(39)34(29(31)38)18-19-9-5-4-6-10-19/h4-17,24-26H,3,18H2,1-2H3,(H,33,37,39). The number of barbiturate groups is 1. The van der Waals surface area contributed by atoms with Crippen molar-refractivity contribution in [2.75, 3.05) is 13.7 Å². The molecule has 1 N–H and O–H groups in total. The van der Waals surface area contributed by atoms with Gasteiger partial charge in [0, 0.05) is 5.92 Å². The van der Waals surface area contributed by atoms with E-state index in [4.69, 9.17) is 9.47 Å². The molecule has 4 amide bonds. The van der Waals surface area contributed by atoms with Gasteiger partial charge in [-0.15, -0.1) is 0 Å². The number of imide groups is 2. The molecule has 0 radical (unpaired) electrons. The highest BCUT2D eigenvalue weighted by atomic mass is 16.5. The van der Waals surface area contributed by atoms with Gasteiger partial charge in [-0.25, -0.2) is 9.59 Å². The average Bonchev–Trinajstić information content (AvgIpc) is 3.32. The average molecular weight is 553 g/mol. The third-order valence-corrected chi connectivity index (χ3v) is 8.03. The molecular weight excluding hydrogens is 524 g/mol. The first-order chi connectivity index (χ1) is 19.9. The molecule has 0 saturated carbocycles. The zero-order valence-electron chi connectivity index (χ0n) is 22.5. The highest BCUT2D eigenvalue weighted by molar-refractivity contribution is 6.21. The SMILES string of the molecule is CCOC(=O)C1C(c2ccc(OC)cc2)C2(C(=O)NC(=O)N(Cc3ccccc3)C2=O)C2c3ccccc3C=NN12. The molecule has 3 heterocycles. The lowest BCUT2D eigenvalue weighted by Gasteiger charge is -2.44. The normalized spacial score (nSPS) is 24.6. The Labute approximate surface area is 236 Å². The van der Waals surface area contributed by atoms with Crippen molar-refractivity contribution >= 4 is 30.0 Å². The molecule has 3 aliphatic rings. The van der Waals surface area contributed by atoms with Gasteiger partial charge in [-0.2, -0.15) is 5.10 Å². The molecule has 6 rings (SSSR count). The van der Waals surface area contributed by atoms with Gasteiger partial charge in [-0.3, -0.25) is 24.8 Å². The molecule has 1 spiro atoms. The van der Waals surface area contributed by atoms with Crippen LogP contribution in [0.3, 0.4) is 0 Å². The summed E-state index contributed by atoms with van der Waals surface area (Å²) in [5.74, 6) is -2.61. The first-order valence-corrected chi connectivity index (χ1v) is 13.3. The van der Waals surface area contributed by atoms with E-state index in [1.54, 1.807) is 49.5 Å². The number of nitrogens with one attached hydrogen (secondary N) is 1. The molecule has 4 unspecified atom stereocenters. The molecule has 10 heteroatoms. The summed E-state index contributed by atoms with van der Waals surface area (Å²) in [6.45, 7) is 1.73. The fraction of sp³-hybridized carbons (Fsp3) is 0.258. The van der Waals surface area contributed by atoms with Crippen LogP contribution >= 0.6 is 0 Å². The van der Waals surface area contributed by atoms with Gasteiger partial charge in [0.25, 0.3) is 0 Å². The lowest BCUT2D eigenvalue weighted by Crippen LogP contribution is -2.66. The number of rotatable bonds is 6. The van der Waals surface area contributed by atoms with Crippen LogP contribution in [0.2, 0.25) is 0 Å². The van der Waals surface area contributed by atoms with E-state index in [-0.39, 0.29) is 13.2 Å². The largest absolute Gasteiger partial charge is 0.497 e. The number of ether oxygens (including phenoxy) is 2. The Hall–Kier alpha value is -4.99. The van der Waals surface area contributed by atoms with E-state index < -0.39 is 47.2 Å². The van der Waals surface area contributed by atoms with Crippen LogP contribution in [0.5, 0.6) is 5.75 Å². The van der Waals surface area contributed by atoms with Crippen molar-refractivity contribution in [1.29, 1.82) is 0 Å². The number of benzene rings is 3. The van der Waals surface area contributed by atoms with Crippen LogP contribution < -0.4 is 10.1 Å². The topological polar surface area (TPSA) is 118 Å². The number of hydrogen-bond donors (Lipinski definition) is 1. The molecule has 41 heavy (non-hydrogen) atoms. The van der Waals surface area contributed by atoms with Gasteiger partial charge in [-0.1, -0.05) is 66.7 Å². The number of fused-ring (bicyclic) bond motifs is 4. The Morgan fingerprint density at radius 2 is 1.68 bits per heavy atom. The smallest absolute Gasteiger partial charge is 0.331 e. The molecule has 3 aromatic carbocycles. The lowest BCUT2D eigenvalue weighted by atomic mass is 9.64. The minimum atomic E-state index is -1.94. The number of amides is 4. The van der Waals surface area contributed by atoms with E-state index in [0.717, 1.165) is 4.90 Å². The van der Waals surface area contributed by atoms with Gasteiger partial charge < -0.3 is 9.47 Å². The minimum Gasteiger partial charge on any atom is -0.497 e. The highest BCUT2D eigenvalue weighted by Gasteiger charge is 2.73. The molecule has 3 aliphatic heterocycles. The van der Waals surface area contributed by atoms with E-state index in [9.17, 15) is 19.2 Å². The molecule has 208 valence electrons. The Morgan fingerprint density at radius 1 is 0.976 bits per heavy atom. The summed E-state index contributed by atoms with van der Waals surface area (Å²) < 4.78 is 10.8. The Bertz CT molecular complexity index is 1560. The Morgan fingerprint density at radius 3 is 2.39 bits per heavy atom. The monoisotopic (exact) mass is 552 g/mol. The number of hydrazone groups is 1. The lowest BCUT2D eigenvalue weighted by molar-refractivity contribution is -0.155. The van der Waals surface area contributed by atoms with E-state index in [1.807, 2.05) is 42.5 Å². The molecule has 2 saturated heterocycles. The van der Waals surface area contributed by atoms with Gasteiger partial charge in [0.1, 0.15) is 5.75 Å². The highest BCUT2D eigenvalue weighted by Crippen LogP contribution is 2.61. The van der Waals surface area contributed by atoms with Gasteiger partial charge in [0.2, 0.25) is 11.8 Å². The molecule has 10 nitrogen and oxygen atoms in total. The third kappa shape index (κ3) is 3.97. The van der Waals surface area contributed by atoms with Crippen molar-refractivity contribution < 1.29 is 28.7 Å². The predicted octanol–water partition coefficient (Wildman–Crippen LogP) is 3.38. The number of nitrogens with zero attached hydrogens (tertiary/aromatic N) is 3. The molecule has 4 atom stereocenters. The molecule has 0 aromatic heterocycles. The maximum Gasteiger partial charge on any atom is 0.331 e. The van der Waals surface area contributed by atoms with Crippen LogP contribution in [0.25, 0.3) is 0 Å². The summed E-state index contributed by atoms with van der Waals surface area (Å²) in [5, 5.41) is 8.59. The zero-order chi connectivity index (χ0) is 28.7. The van der Waals surface area contributed by atoms with Crippen LogP contribution in [0.15, 0.2) is 84.0 Å². The number of esters is 1. The van der Waals surface area contributed by atoms with E-state index in [2.05, 4.69) is 10.4 Å². The van der Waals surface area contributed by atoms with Gasteiger partial charge in [0.05, 0.1) is 32.5 Å². The van der Waals surface area contributed by atoms with Crippen molar-refractivity contribution in [2.45, 2.75) is 31.5 Å². The van der Waals surface area contributed by atoms with E-state index >= 15 is 0 Å². The van der Waals surface area contributed by atoms with Crippen molar-refractivity contribution in [1.82, 2.24) is 15.2 Å². The summed E-state index contributed by atoms with van der Waals surface area (Å²) in [5.41, 5.74) is 0.648. The fourth-order valence-corrected chi connectivity index (χ4v) is 6.31. The molecular formula is C31H28N4O6. The maximum absolute atomic E-state index is 14.9. The fourth-order valence-electron chi connectivity index (χ4n) is 6.31. The Balaban J connectivity index is 1.61. The molecule has 3 aromatic rings. The van der Waals surface area contributed by atoms with Gasteiger partial charge in [-0.05, 0) is 41.3 Å². The minimum absolute atomic E-state index is 0.0580. The van der Waals surface area contributed by atoms with Crippen LogP contribution in [-0.4, -0.2) is 59.7 Å². The summed E-state index contributed by atoms with van der Waals surface area (Å²) in [6.07, 6.45) is 1.61. The van der Waals surface area contributed by atoms with Crippen LogP contribution in [-0.2, 0) is 25.7 Å². The molecule has 2 fully saturated rings. The zero-order valence-corrected chi connectivity index (χ0v) is 22.5. The predicted molar refractivity (Wildman–Crippen MR) is 148 cm³/mol. The van der Waals surface area contributed by atoms with Gasteiger partial charge in [0.15, 0.2) is 11.5 Å². The van der Waals surface area contributed by atoms with Crippen LogP contribution in [0, 0.1) is 5.41 Å². The van der Waals surface area contributed by atoms with E-state index in [0.29, 0.717) is 28.0 Å². The van der Waals surface area contributed by atoms with Crippen molar-refractivity contribution in [2.24, 2.45) is 10.5 Å². The first-order valence-electron chi connectivity index (χ1n) is 13.3. The van der Waals surface area contributed by atoms with E-state index in [1.165, 1.54) is 12.1 Å². The van der Waals surface area contributed by atoms with Gasteiger partial charge >= 0.3 is 12.0 Å². The summed E-state index contributed by atoms with van der Waals surface area (Å²) in [4.78, 5) is 57.2. The number of carbonyl (C=O) groups excluding carboxylic acids is 4. The second kappa shape index (κ2) is 10.2. The van der Waals surface area contributed by atoms with Crippen molar-refractivity contribution in [3.63, 3.8) is 0 Å². The Kier molecular flexibility index (Phi) is 6.53. The van der Waals surface area contributed by atoms with Crippen molar-refractivity contribution in [3.8, 4) is 5.75 Å². The molecule has 0 aliphatic carbocycles. The third-order valence-electron chi connectivity index (χ3n) is 8.03. The summed E-state index contributed by atoms with van der Waals surface area (Å²) >= 11 is 0. The molecule has 0 bridgehead atoms. The van der Waals surface area contributed by atoms with Crippen LogP contribution in [0.1, 0.15) is 41.1 Å². The second-order valence-electron chi connectivity index (χ2n) is 10.1. The second-order valence-corrected chi connectivity index (χ2v) is 10.1. The number of carbonyl (C=O) groups is 4. The number of methoxy groups -OCH3 is 1. The number of hydrogen-bond acceptors (Lipinski definition) is 8. The van der Waals surface area contributed by atoms with Crippen LogP contribution in [0.4, 0.5) is 4.79 Å². The summed E-state index contributed by atoms with van der Waals surface area (Å²) in [7, 11) is 1.53. The first kappa shape index (κ1) is 26.2. The number of urea groups is 1. The quantitative estimate of drug-likeness (QED) is 0.368.